The van der Waals surface area contributed by atoms with Crippen molar-refractivity contribution in [2.75, 3.05) is 6.61 Å². The third-order valence-corrected chi connectivity index (χ3v) is 4.83. The van der Waals surface area contributed by atoms with Crippen LogP contribution in [0.4, 0.5) is 0 Å². The van der Waals surface area contributed by atoms with E-state index in [1.807, 2.05) is 6.92 Å². The fourth-order valence-electron chi connectivity index (χ4n) is 3.06. The minimum absolute atomic E-state index is 0.0273. The first-order valence-corrected chi connectivity index (χ1v) is 10.5. The van der Waals surface area contributed by atoms with Gasteiger partial charge in [-0.15, -0.1) is 0 Å². The Balaban J connectivity index is 1.41. The van der Waals surface area contributed by atoms with E-state index >= 15 is 0 Å². The zero-order chi connectivity index (χ0) is 24.1. The molecular formula is C24H19ClN2O7. The number of rotatable bonds is 9. The van der Waals surface area contributed by atoms with E-state index < -0.39 is 11.9 Å². The summed E-state index contributed by atoms with van der Waals surface area (Å²) in [5.74, 6) is -0.453. The maximum absolute atomic E-state index is 12.3. The SMILES string of the molecule is CCOc1cc(C=NNC(=O)c2cc3cc(Cl)ccc3o2)ccc1OCc1ccc(C(=O)O)o1. The highest BCUT2D eigenvalue weighted by Crippen LogP contribution is 2.29. The third kappa shape index (κ3) is 5.38. The lowest BCUT2D eigenvalue weighted by Gasteiger charge is -2.11. The van der Waals surface area contributed by atoms with Crippen molar-refractivity contribution in [3.8, 4) is 11.5 Å². The summed E-state index contributed by atoms with van der Waals surface area (Å²) in [5, 5.41) is 14.2. The minimum Gasteiger partial charge on any atom is -0.490 e. The van der Waals surface area contributed by atoms with Crippen LogP contribution >= 0.6 is 11.6 Å². The van der Waals surface area contributed by atoms with Crippen molar-refractivity contribution in [1.29, 1.82) is 0 Å². The zero-order valence-electron chi connectivity index (χ0n) is 17.9. The van der Waals surface area contributed by atoms with E-state index in [0.29, 0.717) is 45.4 Å². The van der Waals surface area contributed by atoms with E-state index in [4.69, 9.17) is 35.0 Å². The molecule has 0 atom stereocenters. The third-order valence-electron chi connectivity index (χ3n) is 4.59. The summed E-state index contributed by atoms with van der Waals surface area (Å²) in [6.07, 6.45) is 1.45. The van der Waals surface area contributed by atoms with E-state index in [1.165, 1.54) is 18.3 Å². The highest BCUT2D eigenvalue weighted by Gasteiger charge is 2.13. The first-order valence-electron chi connectivity index (χ1n) is 10.2. The second kappa shape index (κ2) is 10.1. The molecule has 0 radical (unpaired) electrons. The second-order valence-electron chi connectivity index (χ2n) is 6.99. The van der Waals surface area contributed by atoms with Crippen molar-refractivity contribution in [1.82, 2.24) is 5.43 Å². The van der Waals surface area contributed by atoms with Gasteiger partial charge in [0.25, 0.3) is 0 Å². The molecule has 10 heteroatoms. The molecule has 2 aromatic heterocycles. The highest BCUT2D eigenvalue weighted by molar-refractivity contribution is 6.31. The molecule has 9 nitrogen and oxygen atoms in total. The standard InChI is InChI=1S/C24H19ClN2O7/c1-2-31-21-9-14(3-6-19(21)32-13-17-5-8-20(33-17)24(29)30)12-26-27-23(28)22-11-15-10-16(25)4-7-18(15)34-22/h3-12H,2,13H2,1H3,(H,27,28)(H,29,30). The minimum atomic E-state index is -1.15. The number of nitrogens with one attached hydrogen (secondary N) is 1. The van der Waals surface area contributed by atoms with Crippen molar-refractivity contribution in [3.05, 3.63) is 82.5 Å². The van der Waals surface area contributed by atoms with Crippen molar-refractivity contribution in [3.63, 3.8) is 0 Å². The van der Waals surface area contributed by atoms with Crippen LogP contribution in [-0.2, 0) is 6.61 Å². The summed E-state index contributed by atoms with van der Waals surface area (Å²) in [7, 11) is 0. The summed E-state index contributed by atoms with van der Waals surface area (Å²) in [6.45, 7) is 2.25. The molecular weight excluding hydrogens is 464 g/mol. The van der Waals surface area contributed by atoms with Crippen LogP contribution in [0, 0.1) is 0 Å². The van der Waals surface area contributed by atoms with Gasteiger partial charge in [-0.25, -0.2) is 10.2 Å². The molecule has 0 aliphatic rings. The van der Waals surface area contributed by atoms with Crippen molar-refractivity contribution in [2.24, 2.45) is 5.10 Å². The number of carbonyl (C=O) groups excluding carboxylic acids is 1. The number of amides is 1. The number of hydrazone groups is 1. The summed E-state index contributed by atoms with van der Waals surface area (Å²) in [4.78, 5) is 23.3. The number of carboxylic acid groups (broad SMARTS) is 1. The Labute approximate surface area is 198 Å². The van der Waals surface area contributed by atoms with Crippen LogP contribution in [0.1, 0.15) is 39.4 Å². The van der Waals surface area contributed by atoms with Crippen LogP contribution in [0.5, 0.6) is 11.5 Å². The number of carboxylic acids is 1. The number of carbonyl (C=O) groups is 2. The monoisotopic (exact) mass is 482 g/mol. The van der Waals surface area contributed by atoms with Crippen LogP contribution in [-0.4, -0.2) is 29.8 Å². The molecule has 174 valence electrons. The van der Waals surface area contributed by atoms with E-state index in [1.54, 1.807) is 42.5 Å². The Morgan fingerprint density at radius 1 is 1.03 bits per heavy atom. The van der Waals surface area contributed by atoms with Gasteiger partial charge in [0, 0.05) is 10.4 Å². The Bertz CT molecular complexity index is 1370. The Hall–Kier alpha value is -4.24. The maximum atomic E-state index is 12.3. The average molecular weight is 483 g/mol. The quantitative estimate of drug-likeness (QED) is 0.250. The smallest absolute Gasteiger partial charge is 0.371 e. The summed E-state index contributed by atoms with van der Waals surface area (Å²) in [5.41, 5.74) is 3.62. The van der Waals surface area contributed by atoms with Gasteiger partial charge in [0.2, 0.25) is 5.76 Å². The van der Waals surface area contributed by atoms with Gasteiger partial charge in [-0.2, -0.15) is 5.10 Å². The molecule has 0 bridgehead atoms. The number of benzene rings is 2. The van der Waals surface area contributed by atoms with Crippen LogP contribution in [0.2, 0.25) is 5.02 Å². The fourth-order valence-corrected chi connectivity index (χ4v) is 3.24. The summed E-state index contributed by atoms with van der Waals surface area (Å²) >= 11 is 5.96. The van der Waals surface area contributed by atoms with E-state index in [-0.39, 0.29) is 18.1 Å². The molecule has 0 fully saturated rings. The lowest BCUT2D eigenvalue weighted by atomic mass is 10.2. The second-order valence-corrected chi connectivity index (χ2v) is 7.43. The number of aromatic carboxylic acids is 1. The normalized spacial score (nSPS) is 11.1. The average Bonchev–Trinajstić information content (AvgIpc) is 3.46. The van der Waals surface area contributed by atoms with Gasteiger partial charge in [-0.1, -0.05) is 11.6 Å². The molecule has 34 heavy (non-hydrogen) atoms. The molecule has 0 aliphatic carbocycles. The molecule has 2 heterocycles. The Morgan fingerprint density at radius 3 is 2.65 bits per heavy atom. The number of halogens is 1. The van der Waals surface area contributed by atoms with E-state index in [0.717, 1.165) is 0 Å². The zero-order valence-corrected chi connectivity index (χ0v) is 18.7. The predicted octanol–water partition coefficient (Wildman–Crippen LogP) is 5.12. The number of ether oxygens (including phenoxy) is 2. The van der Waals surface area contributed by atoms with Crippen molar-refractivity contribution >= 4 is 40.7 Å². The van der Waals surface area contributed by atoms with E-state index in [9.17, 15) is 9.59 Å². The van der Waals surface area contributed by atoms with Gasteiger partial charge >= 0.3 is 11.9 Å². The maximum Gasteiger partial charge on any atom is 0.371 e. The predicted molar refractivity (Wildman–Crippen MR) is 124 cm³/mol. The molecule has 0 saturated heterocycles. The van der Waals surface area contributed by atoms with Crippen LogP contribution in [0.15, 0.2) is 68.5 Å². The lowest BCUT2D eigenvalue weighted by Crippen LogP contribution is -2.16. The van der Waals surface area contributed by atoms with Gasteiger partial charge in [0.05, 0.1) is 12.8 Å². The first-order chi connectivity index (χ1) is 16.4. The number of fused-ring (bicyclic) bond motifs is 1. The van der Waals surface area contributed by atoms with Crippen LogP contribution in [0.3, 0.4) is 0 Å². The topological polar surface area (TPSA) is 124 Å². The lowest BCUT2D eigenvalue weighted by molar-refractivity contribution is 0.0657. The Kier molecular flexibility index (Phi) is 6.84. The van der Waals surface area contributed by atoms with Gasteiger partial charge < -0.3 is 23.4 Å². The molecule has 0 saturated carbocycles. The van der Waals surface area contributed by atoms with Crippen LogP contribution < -0.4 is 14.9 Å². The number of hydrogen-bond acceptors (Lipinski definition) is 7. The molecule has 4 rings (SSSR count). The molecule has 1 amide bonds. The molecule has 0 unspecified atom stereocenters. The summed E-state index contributed by atoms with van der Waals surface area (Å²) < 4.78 is 22.0. The largest absolute Gasteiger partial charge is 0.490 e. The highest BCUT2D eigenvalue weighted by atomic mass is 35.5. The summed E-state index contributed by atoms with van der Waals surface area (Å²) in [6, 6.07) is 14.7. The number of nitrogens with zero attached hydrogens (tertiary/aromatic N) is 1. The van der Waals surface area contributed by atoms with Gasteiger partial charge in [0.1, 0.15) is 18.0 Å². The van der Waals surface area contributed by atoms with E-state index in [2.05, 4.69) is 10.5 Å². The van der Waals surface area contributed by atoms with Crippen LogP contribution in [0.25, 0.3) is 11.0 Å². The Morgan fingerprint density at radius 2 is 1.88 bits per heavy atom. The van der Waals surface area contributed by atoms with Gasteiger partial charge in [-0.3, -0.25) is 4.79 Å². The molecule has 0 spiro atoms. The molecule has 4 aromatic rings. The fraction of sp³-hybridized carbons (Fsp3) is 0.125. The molecule has 2 aromatic carbocycles. The molecule has 0 aliphatic heterocycles. The number of hydrogen-bond donors (Lipinski definition) is 2. The number of furan rings is 2. The van der Waals surface area contributed by atoms with Crippen molar-refractivity contribution in [2.45, 2.75) is 13.5 Å². The molecule has 2 N–H and O–H groups in total. The first kappa shape index (κ1) is 22.9. The van der Waals surface area contributed by atoms with Gasteiger partial charge in [-0.05, 0) is 67.1 Å². The van der Waals surface area contributed by atoms with Gasteiger partial charge in [0.15, 0.2) is 17.3 Å². The van der Waals surface area contributed by atoms with Crippen molar-refractivity contribution < 1.29 is 33.0 Å².